The van der Waals surface area contributed by atoms with Gasteiger partial charge in [0.15, 0.2) is 0 Å². The van der Waals surface area contributed by atoms with Crippen LogP contribution in [0.4, 0.5) is 4.39 Å². The lowest BCUT2D eigenvalue weighted by atomic mass is 9.81. The van der Waals surface area contributed by atoms with Gasteiger partial charge in [-0.2, -0.15) is 0 Å². The molecule has 0 saturated heterocycles. The third kappa shape index (κ3) is 11.6. The molecule has 3 aliphatic rings. The van der Waals surface area contributed by atoms with E-state index in [2.05, 4.69) is 38.9 Å². The SMILES string of the molecule is C#C.C=O.C=O.CC.CC1(C)CC1.CNC(=O)C(C)(C)c1ccc(O[C@@H]2CC[C@@H](C)C2)c(-c2cccc(F)c2C2CC2)c1. The van der Waals surface area contributed by atoms with Gasteiger partial charge in [0.1, 0.15) is 25.1 Å². The van der Waals surface area contributed by atoms with Gasteiger partial charge in [-0.15, -0.1) is 12.8 Å². The van der Waals surface area contributed by atoms with Crippen LogP contribution in [0, 0.1) is 30.0 Å². The number of ether oxygens (including phenoxy) is 1. The summed E-state index contributed by atoms with van der Waals surface area (Å²) in [6.45, 7) is 18.7. The van der Waals surface area contributed by atoms with E-state index >= 15 is 0 Å². The number of amides is 1. The van der Waals surface area contributed by atoms with Gasteiger partial charge in [0.25, 0.3) is 0 Å². The first-order valence-corrected chi connectivity index (χ1v) is 15.2. The van der Waals surface area contributed by atoms with Crippen LogP contribution in [-0.2, 0) is 19.8 Å². The second-order valence-electron chi connectivity index (χ2n) is 12.2. The van der Waals surface area contributed by atoms with E-state index in [4.69, 9.17) is 14.3 Å². The summed E-state index contributed by atoms with van der Waals surface area (Å²) < 4.78 is 21.3. The van der Waals surface area contributed by atoms with E-state index in [-0.39, 0.29) is 23.7 Å². The van der Waals surface area contributed by atoms with Crippen LogP contribution >= 0.6 is 0 Å². The van der Waals surface area contributed by atoms with Crippen molar-refractivity contribution in [2.45, 2.75) is 111 Å². The highest BCUT2D eigenvalue weighted by Crippen LogP contribution is 2.48. The summed E-state index contributed by atoms with van der Waals surface area (Å²) in [6.07, 6.45) is 16.4. The molecule has 3 saturated carbocycles. The zero-order valence-electron chi connectivity index (χ0n) is 27.7. The Morgan fingerprint density at radius 1 is 0.977 bits per heavy atom. The molecule has 238 valence electrons. The molecule has 1 N–H and O–H groups in total. The normalized spacial score (nSPS) is 18.9. The van der Waals surface area contributed by atoms with E-state index in [9.17, 15) is 9.18 Å². The van der Waals surface area contributed by atoms with Crippen LogP contribution in [0.25, 0.3) is 11.1 Å². The van der Waals surface area contributed by atoms with Gasteiger partial charge in [-0.05, 0) is 111 Å². The van der Waals surface area contributed by atoms with Gasteiger partial charge in [0, 0.05) is 12.6 Å². The number of nitrogens with one attached hydrogen (secondary N) is 1. The highest BCUT2D eigenvalue weighted by Gasteiger charge is 2.34. The largest absolute Gasteiger partial charge is 0.490 e. The van der Waals surface area contributed by atoms with Gasteiger partial charge in [0.05, 0.1) is 11.5 Å². The molecule has 6 heteroatoms. The molecule has 0 radical (unpaired) electrons. The van der Waals surface area contributed by atoms with Crippen LogP contribution in [0.15, 0.2) is 36.4 Å². The van der Waals surface area contributed by atoms with Crippen LogP contribution in [0.3, 0.4) is 0 Å². The number of rotatable bonds is 6. The smallest absolute Gasteiger partial charge is 0.229 e. The highest BCUT2D eigenvalue weighted by atomic mass is 19.1. The Morgan fingerprint density at radius 2 is 1.53 bits per heavy atom. The second-order valence-corrected chi connectivity index (χ2v) is 12.2. The molecule has 0 spiro atoms. The Morgan fingerprint density at radius 3 is 1.98 bits per heavy atom. The van der Waals surface area contributed by atoms with E-state index in [1.807, 2.05) is 65.5 Å². The fourth-order valence-electron chi connectivity index (χ4n) is 4.93. The molecule has 0 aromatic heterocycles. The van der Waals surface area contributed by atoms with Crippen molar-refractivity contribution >= 4 is 19.5 Å². The third-order valence-corrected chi connectivity index (χ3v) is 8.01. The van der Waals surface area contributed by atoms with Gasteiger partial charge in [-0.25, -0.2) is 4.39 Å². The van der Waals surface area contributed by atoms with Crippen molar-refractivity contribution in [3.63, 3.8) is 0 Å². The fraction of sp³-hybridized carbons (Fsp3) is 0.541. The molecular weight excluding hydrogens is 541 g/mol. The van der Waals surface area contributed by atoms with Crippen molar-refractivity contribution in [2.75, 3.05) is 7.05 Å². The Balaban J connectivity index is 0.00000116. The molecule has 0 unspecified atom stereocenters. The van der Waals surface area contributed by atoms with E-state index in [0.29, 0.717) is 5.92 Å². The fourth-order valence-corrected chi connectivity index (χ4v) is 4.93. The summed E-state index contributed by atoms with van der Waals surface area (Å²) in [5.74, 6) is 1.54. The number of halogens is 1. The summed E-state index contributed by atoms with van der Waals surface area (Å²) in [4.78, 5) is 28.5. The maximum absolute atomic E-state index is 14.8. The predicted molar refractivity (Wildman–Crippen MR) is 177 cm³/mol. The van der Waals surface area contributed by atoms with Crippen molar-refractivity contribution < 1.29 is 23.5 Å². The Bertz CT molecular complexity index is 1140. The second kappa shape index (κ2) is 18.9. The van der Waals surface area contributed by atoms with Crippen LogP contribution in [0.1, 0.15) is 110 Å². The molecule has 2 aromatic carbocycles. The van der Waals surface area contributed by atoms with Crippen LogP contribution < -0.4 is 10.1 Å². The van der Waals surface area contributed by atoms with E-state index < -0.39 is 5.41 Å². The van der Waals surface area contributed by atoms with E-state index in [1.165, 1.54) is 19.3 Å². The number of terminal acetylenes is 1. The maximum Gasteiger partial charge on any atom is 0.229 e. The van der Waals surface area contributed by atoms with Crippen molar-refractivity contribution in [1.82, 2.24) is 5.32 Å². The molecule has 0 aliphatic heterocycles. The number of likely N-dealkylation sites (N-methyl/N-ethyl adjacent to an activating group) is 1. The van der Waals surface area contributed by atoms with E-state index in [1.54, 1.807) is 19.2 Å². The lowest BCUT2D eigenvalue weighted by Gasteiger charge is -2.26. The molecule has 2 atom stereocenters. The van der Waals surface area contributed by atoms with Gasteiger partial charge in [-0.3, -0.25) is 4.79 Å². The van der Waals surface area contributed by atoms with Crippen molar-refractivity contribution in [3.05, 3.63) is 53.3 Å². The molecule has 2 aromatic rings. The molecule has 5 nitrogen and oxygen atoms in total. The van der Waals surface area contributed by atoms with Gasteiger partial charge in [-0.1, -0.05) is 52.8 Å². The molecule has 3 fully saturated rings. The first-order valence-electron chi connectivity index (χ1n) is 15.2. The Labute approximate surface area is 260 Å². The highest BCUT2D eigenvalue weighted by molar-refractivity contribution is 5.88. The van der Waals surface area contributed by atoms with Crippen molar-refractivity contribution in [3.8, 4) is 29.7 Å². The van der Waals surface area contributed by atoms with Crippen LogP contribution in [-0.4, -0.2) is 32.6 Å². The number of carbonyl (C=O) groups is 3. The van der Waals surface area contributed by atoms with Crippen LogP contribution in [0.2, 0.25) is 0 Å². The molecule has 5 rings (SSSR count). The zero-order valence-corrected chi connectivity index (χ0v) is 27.7. The predicted octanol–water partition coefficient (Wildman–Crippen LogP) is 8.67. The first-order chi connectivity index (χ1) is 20.5. The third-order valence-electron chi connectivity index (χ3n) is 8.01. The minimum atomic E-state index is -0.697. The standard InChI is InChI=1S/C26H32FNO2.C5H10.C2H6.C2H2.2CH2O/c1-16-8-12-19(14-16)30-23-13-11-18(26(2,3)25(29)28-4)15-21(23)20-6-5-7-22(27)24(20)17-9-10-17;1-5(2)3-4-5;4*1-2/h5-7,11,13,15-17,19H,8-10,12,14H2,1-4H3,(H,28,29);3-4H2,1-2H3;1-2H3;1-2H;2*1H2/t16-,19-;;;;;/m1...../s1. The lowest BCUT2D eigenvalue weighted by molar-refractivity contribution is -0.125. The monoisotopic (exact) mass is 595 g/mol. The summed E-state index contributed by atoms with van der Waals surface area (Å²) in [5, 5.41) is 2.76. The van der Waals surface area contributed by atoms with Gasteiger partial charge in [0.2, 0.25) is 5.91 Å². The maximum atomic E-state index is 14.8. The van der Waals surface area contributed by atoms with Crippen molar-refractivity contribution in [2.24, 2.45) is 11.3 Å². The zero-order chi connectivity index (χ0) is 33.4. The van der Waals surface area contributed by atoms with Crippen LogP contribution in [0.5, 0.6) is 5.75 Å². The van der Waals surface area contributed by atoms with Crippen molar-refractivity contribution in [1.29, 1.82) is 0 Å². The number of hydrogen-bond donors (Lipinski definition) is 1. The molecular formula is C37H54FNO4. The molecule has 43 heavy (non-hydrogen) atoms. The average Bonchev–Trinajstić information content (AvgIpc) is 3.96. The van der Waals surface area contributed by atoms with E-state index in [0.717, 1.165) is 59.1 Å². The lowest BCUT2D eigenvalue weighted by Crippen LogP contribution is -2.38. The summed E-state index contributed by atoms with van der Waals surface area (Å²) in [7, 11) is 1.65. The first kappa shape index (κ1) is 39.5. The molecule has 1 amide bonds. The summed E-state index contributed by atoms with van der Waals surface area (Å²) >= 11 is 0. The Kier molecular flexibility index (Phi) is 17.4. The minimum Gasteiger partial charge on any atom is -0.490 e. The van der Waals surface area contributed by atoms with Gasteiger partial charge < -0.3 is 19.6 Å². The number of carbonyl (C=O) groups excluding carboxylic acids is 3. The average molecular weight is 596 g/mol. The minimum absolute atomic E-state index is 0.0478. The number of benzene rings is 2. The molecule has 0 bridgehead atoms. The topological polar surface area (TPSA) is 72.5 Å². The Hall–Kier alpha value is -3.46. The number of hydrogen-bond acceptors (Lipinski definition) is 4. The quantitative estimate of drug-likeness (QED) is 0.339. The molecule has 3 aliphatic carbocycles. The summed E-state index contributed by atoms with van der Waals surface area (Å²) in [5.41, 5.74) is 3.53. The molecule has 0 heterocycles. The van der Waals surface area contributed by atoms with Gasteiger partial charge >= 0.3 is 0 Å². The summed E-state index contributed by atoms with van der Waals surface area (Å²) in [6, 6.07) is 11.3.